The third-order valence-electron chi connectivity index (χ3n) is 9.39. The second-order valence-corrected chi connectivity index (χ2v) is 12.4. The Morgan fingerprint density at radius 2 is 0.900 bits per heavy atom. The quantitative estimate of drug-likeness (QED) is 0.154. The van der Waals surface area contributed by atoms with Crippen LogP contribution >= 0.6 is 0 Å². The molecule has 4 rings (SSSR count). The summed E-state index contributed by atoms with van der Waals surface area (Å²) in [4.78, 5) is 53.9. The van der Waals surface area contributed by atoms with E-state index in [9.17, 15) is 19.2 Å². The molecule has 0 heterocycles. The monoisotopic (exact) mass is 560 g/mol. The molecule has 4 saturated carbocycles. The van der Waals surface area contributed by atoms with Gasteiger partial charge in [-0.2, -0.15) is 0 Å². The lowest BCUT2D eigenvalue weighted by Gasteiger charge is -2.30. The van der Waals surface area contributed by atoms with Gasteiger partial charge in [-0.05, 0) is 109 Å². The predicted molar refractivity (Wildman–Crippen MR) is 148 cm³/mol. The molecule has 0 amide bonds. The number of rotatable bonds is 13. The van der Waals surface area contributed by atoms with Crippen molar-refractivity contribution in [2.75, 3.05) is 0 Å². The molecular weight excluding hydrogens is 512 g/mol. The topological polar surface area (TPSA) is 105 Å². The number of carbonyl (C=O) groups is 4. The first kappa shape index (κ1) is 30.6. The highest BCUT2D eigenvalue weighted by molar-refractivity contribution is 5.86. The van der Waals surface area contributed by atoms with E-state index in [1.165, 1.54) is 6.08 Å². The molecular formula is C32H48O8. The van der Waals surface area contributed by atoms with E-state index in [0.29, 0.717) is 0 Å². The molecule has 4 atom stereocenters. The minimum atomic E-state index is -1.02. The predicted octanol–water partition coefficient (Wildman–Crippen LogP) is 5.99. The standard InChI is InChI=1S/C32H48O8/c1-3-26(30(34)38-23-14-6-7-15-23)28(32(36)40-25-18-10-11-19-25)20-27(31(35)39-24-16-8-9-17-24)21(2)29(33)37-22-12-4-5-13-22/h3,21-28H,1,4-20H2,2H3. The van der Waals surface area contributed by atoms with E-state index in [0.717, 1.165) is 103 Å². The van der Waals surface area contributed by atoms with Gasteiger partial charge < -0.3 is 18.9 Å². The number of esters is 4. The molecule has 0 aliphatic heterocycles. The van der Waals surface area contributed by atoms with Crippen molar-refractivity contribution in [3.63, 3.8) is 0 Å². The van der Waals surface area contributed by atoms with Crippen molar-refractivity contribution < 1.29 is 38.1 Å². The van der Waals surface area contributed by atoms with Crippen LogP contribution in [0.4, 0.5) is 0 Å². The molecule has 0 aromatic heterocycles. The fourth-order valence-electron chi connectivity index (χ4n) is 6.80. The van der Waals surface area contributed by atoms with Gasteiger partial charge in [0.05, 0.1) is 23.7 Å². The summed E-state index contributed by atoms with van der Waals surface area (Å²) < 4.78 is 23.3. The zero-order valence-corrected chi connectivity index (χ0v) is 24.2. The van der Waals surface area contributed by atoms with E-state index in [1.807, 2.05) is 0 Å². The average molecular weight is 561 g/mol. The van der Waals surface area contributed by atoms with E-state index in [2.05, 4.69) is 6.58 Å². The first-order valence-electron chi connectivity index (χ1n) is 15.8. The number of carbonyl (C=O) groups excluding carboxylic acids is 4. The maximum Gasteiger partial charge on any atom is 0.313 e. The normalized spacial score (nSPS) is 23.8. The molecule has 8 heteroatoms. The molecule has 0 spiro atoms. The Hall–Kier alpha value is -2.38. The molecule has 0 saturated heterocycles. The highest BCUT2D eigenvalue weighted by Crippen LogP contribution is 2.35. The number of hydrogen-bond donors (Lipinski definition) is 0. The van der Waals surface area contributed by atoms with Gasteiger partial charge in [-0.25, -0.2) is 0 Å². The molecule has 0 aromatic rings. The second-order valence-electron chi connectivity index (χ2n) is 12.4. The van der Waals surface area contributed by atoms with Gasteiger partial charge in [-0.15, -0.1) is 6.58 Å². The van der Waals surface area contributed by atoms with Crippen LogP contribution in [0.2, 0.25) is 0 Å². The van der Waals surface area contributed by atoms with Crippen LogP contribution in [0.5, 0.6) is 0 Å². The minimum Gasteiger partial charge on any atom is -0.462 e. The average Bonchev–Trinajstić information content (AvgIpc) is 3.75. The van der Waals surface area contributed by atoms with Crippen molar-refractivity contribution in [3.05, 3.63) is 12.7 Å². The zero-order chi connectivity index (χ0) is 28.5. The highest BCUT2D eigenvalue weighted by atomic mass is 16.6. The van der Waals surface area contributed by atoms with Crippen LogP contribution in [0.25, 0.3) is 0 Å². The molecule has 0 radical (unpaired) electrons. The van der Waals surface area contributed by atoms with Gasteiger partial charge >= 0.3 is 23.9 Å². The van der Waals surface area contributed by atoms with E-state index in [1.54, 1.807) is 6.92 Å². The van der Waals surface area contributed by atoms with Gasteiger partial charge in [0.2, 0.25) is 0 Å². The van der Waals surface area contributed by atoms with Gasteiger partial charge in [0, 0.05) is 0 Å². The molecule has 0 bridgehead atoms. The summed E-state index contributed by atoms with van der Waals surface area (Å²) >= 11 is 0. The van der Waals surface area contributed by atoms with E-state index in [4.69, 9.17) is 18.9 Å². The summed E-state index contributed by atoms with van der Waals surface area (Å²) in [6.45, 7) is 5.52. The fraction of sp³-hybridized carbons (Fsp3) is 0.812. The Balaban J connectivity index is 1.55. The summed E-state index contributed by atoms with van der Waals surface area (Å²) in [6, 6.07) is 0. The second kappa shape index (κ2) is 15.0. The van der Waals surface area contributed by atoms with Crippen LogP contribution in [0.1, 0.15) is 116 Å². The van der Waals surface area contributed by atoms with E-state index in [-0.39, 0.29) is 30.8 Å². The molecule has 4 aliphatic rings. The molecule has 4 unspecified atom stereocenters. The van der Waals surface area contributed by atoms with Gasteiger partial charge in [0.1, 0.15) is 24.4 Å². The van der Waals surface area contributed by atoms with Crippen LogP contribution in [0.3, 0.4) is 0 Å². The van der Waals surface area contributed by atoms with Crippen LogP contribution < -0.4 is 0 Å². The van der Waals surface area contributed by atoms with Crippen molar-refractivity contribution in [1.82, 2.24) is 0 Å². The van der Waals surface area contributed by atoms with Crippen LogP contribution in [-0.2, 0) is 38.1 Å². The van der Waals surface area contributed by atoms with Crippen LogP contribution in [0.15, 0.2) is 12.7 Å². The highest BCUT2D eigenvalue weighted by Gasteiger charge is 2.44. The van der Waals surface area contributed by atoms with Gasteiger partial charge in [-0.3, -0.25) is 19.2 Å². The summed E-state index contributed by atoms with van der Waals surface area (Å²) in [5, 5.41) is 0. The Kier molecular flexibility index (Phi) is 11.5. The third kappa shape index (κ3) is 8.32. The fourth-order valence-corrected chi connectivity index (χ4v) is 6.80. The van der Waals surface area contributed by atoms with Gasteiger partial charge in [-0.1, -0.05) is 13.0 Å². The van der Waals surface area contributed by atoms with Crippen molar-refractivity contribution in [2.24, 2.45) is 23.7 Å². The van der Waals surface area contributed by atoms with Gasteiger partial charge in [0.15, 0.2) is 0 Å². The Bertz CT molecular complexity index is 875. The summed E-state index contributed by atoms with van der Waals surface area (Å²) in [7, 11) is 0. The van der Waals surface area contributed by atoms with Crippen molar-refractivity contribution in [1.29, 1.82) is 0 Å². The van der Waals surface area contributed by atoms with Gasteiger partial charge in [0.25, 0.3) is 0 Å². The lowest BCUT2D eigenvalue weighted by molar-refractivity contribution is -0.171. The maximum atomic E-state index is 13.7. The summed E-state index contributed by atoms with van der Waals surface area (Å²) in [6.07, 6.45) is 15.0. The van der Waals surface area contributed by atoms with Crippen LogP contribution in [-0.4, -0.2) is 48.3 Å². The Morgan fingerprint density at radius 3 is 1.27 bits per heavy atom. The molecule has 40 heavy (non-hydrogen) atoms. The Morgan fingerprint density at radius 1 is 0.575 bits per heavy atom. The first-order chi connectivity index (χ1) is 19.4. The molecule has 0 aromatic carbocycles. The SMILES string of the molecule is C=CC(C(=O)OC1CCCC1)C(CC(C(=O)OC1CCCC1)C(C)C(=O)OC1CCCC1)C(=O)OC1CCCC1. The molecule has 4 fully saturated rings. The van der Waals surface area contributed by atoms with Crippen LogP contribution in [0, 0.1) is 23.7 Å². The zero-order valence-electron chi connectivity index (χ0n) is 24.2. The molecule has 4 aliphatic carbocycles. The van der Waals surface area contributed by atoms with Crippen molar-refractivity contribution >= 4 is 23.9 Å². The third-order valence-corrected chi connectivity index (χ3v) is 9.39. The van der Waals surface area contributed by atoms with Crippen molar-refractivity contribution in [2.45, 2.75) is 140 Å². The summed E-state index contributed by atoms with van der Waals surface area (Å²) in [5.41, 5.74) is 0. The molecule has 224 valence electrons. The minimum absolute atomic E-state index is 0.0749. The largest absolute Gasteiger partial charge is 0.462 e. The number of ether oxygens (including phenoxy) is 4. The smallest absolute Gasteiger partial charge is 0.313 e. The van der Waals surface area contributed by atoms with E-state index >= 15 is 0 Å². The first-order valence-corrected chi connectivity index (χ1v) is 15.8. The number of hydrogen-bond acceptors (Lipinski definition) is 8. The van der Waals surface area contributed by atoms with Crippen molar-refractivity contribution in [3.8, 4) is 0 Å². The van der Waals surface area contributed by atoms with E-state index < -0.39 is 47.5 Å². The molecule has 8 nitrogen and oxygen atoms in total. The lowest BCUT2D eigenvalue weighted by atomic mass is 9.79. The maximum absolute atomic E-state index is 13.7. The Labute approximate surface area is 238 Å². The molecule has 0 N–H and O–H groups in total. The lowest BCUT2D eigenvalue weighted by Crippen LogP contribution is -2.40. The summed E-state index contributed by atoms with van der Waals surface area (Å²) in [5.74, 6) is -5.87.